The molecule has 7 nitrogen and oxygen atoms in total. The molecule has 4 rings (SSSR count). The lowest BCUT2D eigenvalue weighted by molar-refractivity contribution is -0.141. The van der Waals surface area contributed by atoms with Crippen LogP contribution in [0.3, 0.4) is 0 Å². The van der Waals surface area contributed by atoms with Crippen molar-refractivity contribution in [3.8, 4) is 11.5 Å². The standard InChI is InChI=1S/C21H23N3O4/c1-3-23-20(26)17-18(14-9-10-15(25)16(11-14)28-2)22-24(19(17)21(23)27)12-13-7-5-4-6-8-13/h4-11,17-19,22,25H,3,12H2,1-2H3/t17-,18+,19-/m1/s1. The van der Waals surface area contributed by atoms with Crippen LogP contribution < -0.4 is 10.2 Å². The van der Waals surface area contributed by atoms with E-state index in [0.717, 1.165) is 11.1 Å². The fourth-order valence-corrected chi connectivity index (χ4v) is 4.13. The Bertz CT molecular complexity index is 902. The van der Waals surface area contributed by atoms with E-state index in [2.05, 4.69) is 5.43 Å². The van der Waals surface area contributed by atoms with Crippen LogP contribution in [0.4, 0.5) is 0 Å². The molecule has 7 heteroatoms. The molecule has 0 aliphatic carbocycles. The number of carbonyl (C=O) groups excluding carboxylic acids is 2. The lowest BCUT2D eigenvalue weighted by atomic mass is 9.90. The maximum atomic E-state index is 13.0. The maximum Gasteiger partial charge on any atom is 0.248 e. The molecule has 2 heterocycles. The third-order valence-corrected chi connectivity index (χ3v) is 5.49. The van der Waals surface area contributed by atoms with Crippen molar-refractivity contribution in [1.82, 2.24) is 15.3 Å². The molecule has 146 valence electrons. The molecule has 0 unspecified atom stereocenters. The molecule has 2 N–H and O–H groups in total. The number of fused-ring (bicyclic) bond motifs is 1. The zero-order valence-corrected chi connectivity index (χ0v) is 15.8. The molecule has 2 aromatic carbocycles. The Hall–Kier alpha value is -2.90. The van der Waals surface area contributed by atoms with Crippen molar-refractivity contribution >= 4 is 11.8 Å². The van der Waals surface area contributed by atoms with E-state index >= 15 is 0 Å². The highest BCUT2D eigenvalue weighted by Gasteiger charge is 2.58. The van der Waals surface area contributed by atoms with Gasteiger partial charge >= 0.3 is 0 Å². The van der Waals surface area contributed by atoms with Gasteiger partial charge in [0, 0.05) is 13.1 Å². The highest BCUT2D eigenvalue weighted by Crippen LogP contribution is 2.42. The van der Waals surface area contributed by atoms with Gasteiger partial charge in [-0.2, -0.15) is 0 Å². The second kappa shape index (κ2) is 7.26. The molecule has 2 aliphatic heterocycles. The van der Waals surface area contributed by atoms with Crippen molar-refractivity contribution in [2.24, 2.45) is 5.92 Å². The SMILES string of the molecule is CCN1C(=O)[C@@H]2[C@H](c3ccc(O)c(OC)c3)NN(Cc3ccccc3)[C@H]2C1=O. The summed E-state index contributed by atoms with van der Waals surface area (Å²) in [6, 6.07) is 13.9. The van der Waals surface area contributed by atoms with Crippen molar-refractivity contribution < 1.29 is 19.4 Å². The van der Waals surface area contributed by atoms with E-state index in [-0.39, 0.29) is 23.6 Å². The molecule has 0 aromatic heterocycles. The molecule has 0 saturated carbocycles. The smallest absolute Gasteiger partial charge is 0.248 e. The highest BCUT2D eigenvalue weighted by molar-refractivity contribution is 6.07. The van der Waals surface area contributed by atoms with E-state index in [1.54, 1.807) is 18.2 Å². The topological polar surface area (TPSA) is 82.1 Å². The average molecular weight is 381 g/mol. The number of rotatable bonds is 5. The Morgan fingerprint density at radius 3 is 2.54 bits per heavy atom. The Morgan fingerprint density at radius 2 is 1.86 bits per heavy atom. The summed E-state index contributed by atoms with van der Waals surface area (Å²) >= 11 is 0. The first-order chi connectivity index (χ1) is 13.5. The second-order valence-corrected chi connectivity index (χ2v) is 7.04. The Labute approximate surface area is 163 Å². The van der Waals surface area contributed by atoms with Crippen LogP contribution in [0.25, 0.3) is 0 Å². The van der Waals surface area contributed by atoms with Crippen molar-refractivity contribution in [1.29, 1.82) is 0 Å². The van der Waals surface area contributed by atoms with Crippen LogP contribution in [0.1, 0.15) is 24.1 Å². The summed E-state index contributed by atoms with van der Waals surface area (Å²) in [5.74, 6) is -0.496. The maximum absolute atomic E-state index is 13.0. The zero-order chi connectivity index (χ0) is 19.8. The number of phenols is 1. The highest BCUT2D eigenvalue weighted by atomic mass is 16.5. The van der Waals surface area contributed by atoms with E-state index in [0.29, 0.717) is 18.8 Å². The molecule has 0 spiro atoms. The number of ether oxygens (including phenoxy) is 1. The minimum atomic E-state index is -0.558. The monoisotopic (exact) mass is 381 g/mol. The molecular formula is C21H23N3O4. The number of likely N-dealkylation sites (tertiary alicyclic amines) is 1. The average Bonchev–Trinajstić information content (AvgIpc) is 3.19. The number of hydrazine groups is 1. The number of likely N-dealkylation sites (N-methyl/N-ethyl adjacent to an activating group) is 1. The first-order valence-corrected chi connectivity index (χ1v) is 9.34. The third-order valence-electron chi connectivity index (χ3n) is 5.49. The van der Waals surface area contributed by atoms with E-state index in [4.69, 9.17) is 4.74 Å². The predicted octanol–water partition coefficient (Wildman–Crippen LogP) is 1.84. The van der Waals surface area contributed by atoms with E-state index in [9.17, 15) is 14.7 Å². The molecule has 0 bridgehead atoms. The summed E-state index contributed by atoms with van der Waals surface area (Å²) in [6.45, 7) is 2.67. The van der Waals surface area contributed by atoms with Crippen LogP contribution in [-0.4, -0.2) is 46.5 Å². The number of benzene rings is 2. The van der Waals surface area contributed by atoms with Crippen LogP contribution in [0, 0.1) is 5.92 Å². The van der Waals surface area contributed by atoms with Crippen LogP contribution in [0.5, 0.6) is 11.5 Å². The normalized spacial score (nSPS) is 24.6. The summed E-state index contributed by atoms with van der Waals surface area (Å²) < 4.78 is 5.22. The number of amides is 2. The minimum absolute atomic E-state index is 0.0333. The lowest BCUT2D eigenvalue weighted by Crippen LogP contribution is -2.44. The summed E-state index contributed by atoms with van der Waals surface area (Å²) in [5, 5.41) is 11.8. The Balaban J connectivity index is 1.71. The quantitative estimate of drug-likeness (QED) is 0.769. The molecule has 2 amide bonds. The number of phenolic OH excluding ortho intramolecular Hbond substituents is 1. The molecule has 28 heavy (non-hydrogen) atoms. The van der Waals surface area contributed by atoms with Gasteiger partial charge in [-0.25, -0.2) is 10.4 Å². The summed E-state index contributed by atoms with van der Waals surface area (Å²) in [4.78, 5) is 27.3. The predicted molar refractivity (Wildman–Crippen MR) is 102 cm³/mol. The number of nitrogens with zero attached hydrogens (tertiary/aromatic N) is 2. The van der Waals surface area contributed by atoms with E-state index in [1.807, 2.05) is 42.3 Å². The summed E-state index contributed by atoms with van der Waals surface area (Å²) in [7, 11) is 1.48. The van der Waals surface area contributed by atoms with Gasteiger partial charge < -0.3 is 9.84 Å². The van der Waals surface area contributed by atoms with Gasteiger partial charge in [0.15, 0.2) is 11.5 Å². The first kappa shape index (κ1) is 18.5. The van der Waals surface area contributed by atoms with Gasteiger partial charge in [0.1, 0.15) is 6.04 Å². The number of hydrogen-bond donors (Lipinski definition) is 2. The van der Waals surface area contributed by atoms with E-state index < -0.39 is 12.0 Å². The van der Waals surface area contributed by atoms with Crippen LogP contribution in [-0.2, 0) is 16.1 Å². The van der Waals surface area contributed by atoms with Gasteiger partial charge in [0.2, 0.25) is 11.8 Å². The van der Waals surface area contributed by atoms with Gasteiger partial charge in [0.05, 0.1) is 19.1 Å². The van der Waals surface area contributed by atoms with Crippen molar-refractivity contribution in [3.63, 3.8) is 0 Å². The first-order valence-electron chi connectivity index (χ1n) is 9.34. The number of imide groups is 1. The molecular weight excluding hydrogens is 358 g/mol. The number of aromatic hydroxyl groups is 1. The third kappa shape index (κ3) is 2.93. The summed E-state index contributed by atoms with van der Waals surface area (Å²) in [6.07, 6.45) is 0. The number of nitrogens with one attached hydrogen (secondary N) is 1. The van der Waals surface area contributed by atoms with Crippen molar-refractivity contribution in [2.75, 3.05) is 13.7 Å². The molecule has 0 radical (unpaired) electrons. The second-order valence-electron chi connectivity index (χ2n) is 7.04. The fraction of sp³-hybridized carbons (Fsp3) is 0.333. The molecule has 2 aromatic rings. The molecule has 2 saturated heterocycles. The molecule has 2 aliphatic rings. The number of methoxy groups -OCH3 is 1. The largest absolute Gasteiger partial charge is 0.504 e. The Morgan fingerprint density at radius 1 is 1.11 bits per heavy atom. The number of carbonyl (C=O) groups is 2. The Kier molecular flexibility index (Phi) is 4.78. The van der Waals surface area contributed by atoms with Crippen LogP contribution >= 0.6 is 0 Å². The lowest BCUT2D eigenvalue weighted by Gasteiger charge is -2.24. The van der Waals surface area contributed by atoms with Crippen LogP contribution in [0.15, 0.2) is 48.5 Å². The van der Waals surface area contributed by atoms with Gasteiger partial charge in [-0.15, -0.1) is 0 Å². The van der Waals surface area contributed by atoms with E-state index in [1.165, 1.54) is 12.0 Å². The van der Waals surface area contributed by atoms with Crippen LogP contribution in [0.2, 0.25) is 0 Å². The molecule has 3 atom stereocenters. The van der Waals surface area contributed by atoms with Gasteiger partial charge in [0.25, 0.3) is 0 Å². The number of hydrogen-bond acceptors (Lipinski definition) is 6. The zero-order valence-electron chi connectivity index (χ0n) is 15.8. The van der Waals surface area contributed by atoms with Crippen molar-refractivity contribution in [2.45, 2.75) is 25.6 Å². The molecule has 2 fully saturated rings. The van der Waals surface area contributed by atoms with Gasteiger partial charge in [-0.1, -0.05) is 36.4 Å². The van der Waals surface area contributed by atoms with Crippen molar-refractivity contribution in [3.05, 3.63) is 59.7 Å². The summed E-state index contributed by atoms with van der Waals surface area (Å²) in [5.41, 5.74) is 5.20. The fourth-order valence-electron chi connectivity index (χ4n) is 4.13. The minimum Gasteiger partial charge on any atom is -0.504 e. The van der Waals surface area contributed by atoms with Gasteiger partial charge in [-0.3, -0.25) is 14.5 Å². The van der Waals surface area contributed by atoms with Gasteiger partial charge in [-0.05, 0) is 30.2 Å².